The van der Waals surface area contributed by atoms with Gasteiger partial charge in [-0.1, -0.05) is 41.9 Å². The third-order valence-electron chi connectivity index (χ3n) is 7.09. The van der Waals surface area contributed by atoms with Crippen molar-refractivity contribution in [3.63, 3.8) is 0 Å². The van der Waals surface area contributed by atoms with Crippen LogP contribution in [0.4, 0.5) is 0 Å². The predicted octanol–water partition coefficient (Wildman–Crippen LogP) is 5.80. The molecule has 2 heterocycles. The summed E-state index contributed by atoms with van der Waals surface area (Å²) in [6.07, 6.45) is 0.234. The molecule has 1 amide bonds. The second-order valence-electron chi connectivity index (χ2n) is 9.62. The number of carboxylic acids is 1. The van der Waals surface area contributed by atoms with Crippen LogP contribution in [0.15, 0.2) is 76.6 Å². The van der Waals surface area contributed by atoms with Gasteiger partial charge in [-0.2, -0.15) is 5.10 Å². The Bertz CT molecular complexity index is 1710. The van der Waals surface area contributed by atoms with Gasteiger partial charge < -0.3 is 19.6 Å². The van der Waals surface area contributed by atoms with Crippen molar-refractivity contribution in [2.75, 3.05) is 14.2 Å². The van der Waals surface area contributed by atoms with Gasteiger partial charge in [0.15, 0.2) is 0 Å². The Hall–Kier alpha value is -4.63. The van der Waals surface area contributed by atoms with Crippen molar-refractivity contribution in [2.45, 2.75) is 31.7 Å². The van der Waals surface area contributed by atoms with E-state index in [1.807, 2.05) is 42.5 Å². The van der Waals surface area contributed by atoms with Gasteiger partial charge in [0, 0.05) is 52.4 Å². The Morgan fingerprint density at radius 1 is 1.02 bits per heavy atom. The van der Waals surface area contributed by atoms with Gasteiger partial charge in [0.05, 0.1) is 31.5 Å². The summed E-state index contributed by atoms with van der Waals surface area (Å²) in [4.78, 5) is 41.2. The van der Waals surface area contributed by atoms with Gasteiger partial charge in [0.25, 0.3) is 5.56 Å². The molecule has 0 saturated heterocycles. The standard InChI is InChI=1S/C31H28ClN3O6/c1-40-20-14-15-22(26(16-20)41-2)25-17-24(34-35(25)27(36)8-5-9-28(37)38)30-29(18-10-12-19(32)13-11-18)21-6-3-4-7-23(21)33-31(30)39/h3-4,6-7,10-16,25H,5,8-9,17H2,1-2H3,(H,33,39)(H,37,38)/t25-/m1/s1. The minimum atomic E-state index is -0.980. The number of fused-ring (bicyclic) bond motifs is 1. The summed E-state index contributed by atoms with van der Waals surface area (Å²) < 4.78 is 11.0. The number of ether oxygens (including phenoxy) is 2. The molecule has 0 saturated carbocycles. The number of halogens is 1. The molecular formula is C31H28ClN3O6. The number of para-hydroxylation sites is 1. The largest absolute Gasteiger partial charge is 0.497 e. The molecule has 4 aromatic rings. The van der Waals surface area contributed by atoms with Crippen LogP contribution in [-0.4, -0.2) is 46.9 Å². The van der Waals surface area contributed by atoms with Crippen LogP contribution in [0.25, 0.3) is 22.0 Å². The number of aromatic nitrogens is 1. The van der Waals surface area contributed by atoms with E-state index in [2.05, 4.69) is 4.98 Å². The summed E-state index contributed by atoms with van der Waals surface area (Å²) in [6, 6.07) is 19.4. The van der Waals surface area contributed by atoms with Gasteiger partial charge >= 0.3 is 5.97 Å². The summed E-state index contributed by atoms with van der Waals surface area (Å²) in [6.45, 7) is 0. The fourth-order valence-electron chi connectivity index (χ4n) is 5.17. The van der Waals surface area contributed by atoms with Gasteiger partial charge in [-0.25, -0.2) is 5.01 Å². The summed E-state index contributed by atoms with van der Waals surface area (Å²) in [7, 11) is 3.08. The number of rotatable bonds is 9. The predicted molar refractivity (Wildman–Crippen MR) is 157 cm³/mol. The van der Waals surface area contributed by atoms with Crippen molar-refractivity contribution >= 4 is 40.1 Å². The second-order valence-corrected chi connectivity index (χ2v) is 10.1. The van der Waals surface area contributed by atoms with E-state index in [9.17, 15) is 14.4 Å². The Morgan fingerprint density at radius 3 is 2.49 bits per heavy atom. The van der Waals surface area contributed by atoms with Gasteiger partial charge in [-0.15, -0.1) is 0 Å². The Labute approximate surface area is 241 Å². The first kappa shape index (κ1) is 27.9. The molecule has 0 radical (unpaired) electrons. The molecule has 1 aliphatic heterocycles. The van der Waals surface area contributed by atoms with Crippen molar-refractivity contribution in [1.82, 2.24) is 9.99 Å². The SMILES string of the molecule is COc1ccc([C@H]2CC(c3c(-c4ccc(Cl)cc4)c4ccccc4[nH]c3=O)=NN2C(=O)CCCC(=O)O)c(OC)c1. The van der Waals surface area contributed by atoms with Crippen molar-refractivity contribution < 1.29 is 24.2 Å². The number of aromatic amines is 1. The first-order valence-corrected chi connectivity index (χ1v) is 13.4. The molecule has 0 spiro atoms. The maximum Gasteiger partial charge on any atom is 0.303 e. The van der Waals surface area contributed by atoms with Crippen LogP contribution in [0.5, 0.6) is 11.5 Å². The number of H-pyrrole nitrogens is 1. The zero-order valence-corrected chi connectivity index (χ0v) is 23.3. The molecule has 1 aliphatic rings. The maximum absolute atomic E-state index is 13.7. The average Bonchev–Trinajstić information content (AvgIpc) is 3.41. The van der Waals surface area contributed by atoms with Crippen LogP contribution in [-0.2, 0) is 9.59 Å². The molecule has 1 atom stereocenters. The lowest BCUT2D eigenvalue weighted by atomic mass is 9.91. The number of carbonyl (C=O) groups excluding carboxylic acids is 1. The highest BCUT2D eigenvalue weighted by molar-refractivity contribution is 6.30. The normalized spacial score (nSPS) is 14.7. The van der Waals surface area contributed by atoms with E-state index in [1.165, 1.54) is 12.1 Å². The number of carboxylic acid groups (broad SMARTS) is 1. The minimum Gasteiger partial charge on any atom is -0.497 e. The van der Waals surface area contributed by atoms with Crippen LogP contribution >= 0.6 is 11.6 Å². The fraction of sp³-hybridized carbons (Fsp3) is 0.226. The molecule has 0 aliphatic carbocycles. The lowest BCUT2D eigenvalue weighted by Gasteiger charge is -2.24. The van der Waals surface area contributed by atoms with Crippen LogP contribution in [0.2, 0.25) is 5.02 Å². The third-order valence-corrected chi connectivity index (χ3v) is 7.34. The molecule has 0 fully saturated rings. The van der Waals surface area contributed by atoms with Gasteiger partial charge in [0.2, 0.25) is 5.91 Å². The van der Waals surface area contributed by atoms with Gasteiger partial charge in [-0.3, -0.25) is 14.4 Å². The van der Waals surface area contributed by atoms with Gasteiger partial charge in [0.1, 0.15) is 11.5 Å². The highest BCUT2D eigenvalue weighted by atomic mass is 35.5. The van der Waals surface area contributed by atoms with Crippen molar-refractivity contribution in [1.29, 1.82) is 0 Å². The Kier molecular flexibility index (Phi) is 8.07. The summed E-state index contributed by atoms with van der Waals surface area (Å²) in [5.41, 5.74) is 3.25. The first-order chi connectivity index (χ1) is 19.8. The smallest absolute Gasteiger partial charge is 0.303 e. The number of carbonyl (C=O) groups is 2. The summed E-state index contributed by atoms with van der Waals surface area (Å²) >= 11 is 6.17. The van der Waals surface area contributed by atoms with E-state index in [4.69, 9.17) is 31.3 Å². The molecule has 41 heavy (non-hydrogen) atoms. The Balaban J connectivity index is 1.67. The summed E-state index contributed by atoms with van der Waals surface area (Å²) in [5.74, 6) is -0.249. The topological polar surface area (TPSA) is 121 Å². The number of hydrazone groups is 1. The van der Waals surface area contributed by atoms with E-state index < -0.39 is 12.0 Å². The molecular weight excluding hydrogens is 546 g/mol. The molecule has 210 valence electrons. The first-order valence-electron chi connectivity index (χ1n) is 13.0. The average molecular weight is 574 g/mol. The van der Waals surface area contributed by atoms with E-state index in [1.54, 1.807) is 31.4 Å². The van der Waals surface area contributed by atoms with Crippen molar-refractivity contribution in [3.05, 3.63) is 93.2 Å². The number of nitrogens with zero attached hydrogens (tertiary/aromatic N) is 2. The van der Waals surface area contributed by atoms with Gasteiger partial charge in [-0.05, 0) is 42.3 Å². The quantitative estimate of drug-likeness (QED) is 0.261. The molecule has 3 aromatic carbocycles. The minimum absolute atomic E-state index is 0.0177. The number of nitrogens with one attached hydrogen (secondary N) is 1. The van der Waals surface area contributed by atoms with Crippen LogP contribution < -0.4 is 15.0 Å². The number of aliphatic carboxylic acids is 1. The monoisotopic (exact) mass is 573 g/mol. The summed E-state index contributed by atoms with van der Waals surface area (Å²) in [5, 5.41) is 16.5. The molecule has 10 heteroatoms. The lowest BCUT2D eigenvalue weighted by molar-refractivity contribution is -0.137. The lowest BCUT2D eigenvalue weighted by Crippen LogP contribution is -2.27. The Morgan fingerprint density at radius 2 is 1.78 bits per heavy atom. The molecule has 5 rings (SSSR count). The highest BCUT2D eigenvalue weighted by Crippen LogP contribution is 2.41. The van der Waals surface area contributed by atoms with Crippen LogP contribution in [0, 0.1) is 0 Å². The molecule has 0 bridgehead atoms. The number of hydrogen-bond acceptors (Lipinski definition) is 6. The van der Waals surface area contributed by atoms with E-state index in [0.717, 1.165) is 10.9 Å². The van der Waals surface area contributed by atoms with Crippen LogP contribution in [0.3, 0.4) is 0 Å². The van der Waals surface area contributed by atoms with Crippen molar-refractivity contribution in [3.8, 4) is 22.6 Å². The van der Waals surface area contributed by atoms with E-state index >= 15 is 0 Å². The third kappa shape index (κ3) is 5.67. The van der Waals surface area contributed by atoms with E-state index in [0.29, 0.717) is 44.4 Å². The highest BCUT2D eigenvalue weighted by Gasteiger charge is 2.36. The zero-order valence-electron chi connectivity index (χ0n) is 22.5. The van der Waals surface area contributed by atoms with Crippen LogP contribution in [0.1, 0.15) is 42.9 Å². The number of pyridine rings is 1. The second kappa shape index (κ2) is 11.9. The van der Waals surface area contributed by atoms with Crippen molar-refractivity contribution in [2.24, 2.45) is 5.10 Å². The number of hydrogen-bond donors (Lipinski definition) is 2. The molecule has 1 aromatic heterocycles. The molecule has 9 nitrogen and oxygen atoms in total. The number of amides is 1. The zero-order chi connectivity index (χ0) is 29.1. The fourth-order valence-corrected chi connectivity index (χ4v) is 5.29. The number of methoxy groups -OCH3 is 2. The molecule has 0 unspecified atom stereocenters. The molecule has 2 N–H and O–H groups in total. The number of benzene rings is 3. The maximum atomic E-state index is 13.7. The van der Waals surface area contributed by atoms with E-state index in [-0.39, 0.29) is 37.1 Å².